The zero-order chi connectivity index (χ0) is 23.8. The number of amidine groups is 1. The van der Waals surface area contributed by atoms with Crippen LogP contribution in [0.25, 0.3) is 0 Å². The van der Waals surface area contributed by atoms with Crippen molar-refractivity contribution in [3.63, 3.8) is 0 Å². The number of rotatable bonds is 5. The molecule has 4 rings (SSSR count). The Morgan fingerprint density at radius 3 is 2.00 bits per heavy atom. The quantitative estimate of drug-likeness (QED) is 0.266. The van der Waals surface area contributed by atoms with Crippen molar-refractivity contribution >= 4 is 46.0 Å². The molecule has 0 aromatic heterocycles. The summed E-state index contributed by atoms with van der Waals surface area (Å²) < 4.78 is 5.86. The molecule has 1 aliphatic rings. The van der Waals surface area contributed by atoms with Crippen molar-refractivity contribution in [1.29, 1.82) is 0 Å². The Bertz CT molecular complexity index is 1210. The zero-order valence-electron chi connectivity index (χ0n) is 18.5. The lowest BCUT2D eigenvalue weighted by Gasteiger charge is -2.44. The van der Waals surface area contributed by atoms with E-state index < -0.39 is 16.4 Å². The normalized spacial score (nSPS) is 22.2. The highest BCUT2D eigenvalue weighted by atomic mass is 35.5. The molecule has 0 saturated carbocycles. The SMILES string of the molecule is CCOc1ccccc1C1=N[C@@](C)(c2ccc(Cl)cc2)[C@](C)(c2ccc(Cl)cc2)N1C(=O)Cl. The van der Waals surface area contributed by atoms with E-state index in [2.05, 4.69) is 0 Å². The molecule has 1 aliphatic heterocycles. The van der Waals surface area contributed by atoms with E-state index in [0.29, 0.717) is 33.8 Å². The van der Waals surface area contributed by atoms with Crippen molar-refractivity contribution in [2.75, 3.05) is 6.61 Å². The largest absolute Gasteiger partial charge is 0.493 e. The molecule has 0 aliphatic carbocycles. The summed E-state index contributed by atoms with van der Waals surface area (Å²) in [6.45, 7) is 6.34. The summed E-state index contributed by atoms with van der Waals surface area (Å²) in [6, 6.07) is 22.4. The number of hydrogen-bond acceptors (Lipinski definition) is 3. The lowest BCUT2D eigenvalue weighted by atomic mass is 9.71. The molecule has 0 spiro atoms. The van der Waals surface area contributed by atoms with Gasteiger partial charge in [-0.25, -0.2) is 0 Å². The lowest BCUT2D eigenvalue weighted by Crippen LogP contribution is -2.53. The number of ether oxygens (including phenoxy) is 1. The Hall–Kier alpha value is -2.53. The summed E-state index contributed by atoms with van der Waals surface area (Å²) in [5.41, 5.74) is 0.539. The van der Waals surface area contributed by atoms with Gasteiger partial charge in [0, 0.05) is 10.0 Å². The van der Waals surface area contributed by atoms with Crippen LogP contribution in [-0.2, 0) is 11.1 Å². The van der Waals surface area contributed by atoms with E-state index in [1.54, 1.807) is 17.0 Å². The fourth-order valence-electron chi connectivity index (χ4n) is 4.48. The minimum Gasteiger partial charge on any atom is -0.493 e. The van der Waals surface area contributed by atoms with Crippen LogP contribution in [0, 0.1) is 0 Å². The van der Waals surface area contributed by atoms with E-state index in [-0.39, 0.29) is 0 Å². The maximum Gasteiger partial charge on any atom is 0.322 e. The molecule has 0 fully saturated rings. The van der Waals surface area contributed by atoms with Gasteiger partial charge in [0.25, 0.3) is 0 Å². The number of hydrogen-bond donors (Lipinski definition) is 0. The molecule has 170 valence electrons. The molecule has 1 amide bonds. The Balaban J connectivity index is 2.03. The van der Waals surface area contributed by atoms with Crippen LogP contribution in [0.3, 0.4) is 0 Å². The third-order valence-corrected chi connectivity index (χ3v) is 7.03. The molecular weight excluding hydrogens is 479 g/mol. The predicted octanol–water partition coefficient (Wildman–Crippen LogP) is 7.64. The molecule has 0 unspecified atom stereocenters. The summed E-state index contributed by atoms with van der Waals surface area (Å²) in [7, 11) is 0. The second kappa shape index (κ2) is 9.02. The van der Waals surface area contributed by atoms with Crippen molar-refractivity contribution in [2.24, 2.45) is 4.99 Å². The first-order valence-corrected chi connectivity index (χ1v) is 11.7. The molecule has 2 atom stereocenters. The highest BCUT2D eigenvalue weighted by Crippen LogP contribution is 2.53. The van der Waals surface area contributed by atoms with Crippen molar-refractivity contribution in [1.82, 2.24) is 4.90 Å². The van der Waals surface area contributed by atoms with E-state index in [1.165, 1.54) is 0 Å². The van der Waals surface area contributed by atoms with Crippen molar-refractivity contribution < 1.29 is 9.53 Å². The minimum atomic E-state index is -0.973. The van der Waals surface area contributed by atoms with Crippen LogP contribution in [0.4, 0.5) is 4.79 Å². The molecule has 33 heavy (non-hydrogen) atoms. The molecule has 0 N–H and O–H groups in total. The Kier molecular flexibility index (Phi) is 6.45. The average Bonchev–Trinajstić information content (AvgIpc) is 3.04. The van der Waals surface area contributed by atoms with Gasteiger partial charge in [-0.15, -0.1) is 0 Å². The summed E-state index contributed by atoms with van der Waals surface area (Å²) in [4.78, 5) is 19.8. The topological polar surface area (TPSA) is 41.9 Å². The summed E-state index contributed by atoms with van der Waals surface area (Å²) in [5.74, 6) is 1.06. The third kappa shape index (κ3) is 3.90. The first-order valence-electron chi connectivity index (χ1n) is 10.6. The first-order chi connectivity index (χ1) is 15.7. The van der Waals surface area contributed by atoms with Gasteiger partial charge < -0.3 is 4.74 Å². The average molecular weight is 502 g/mol. The second-order valence-electron chi connectivity index (χ2n) is 8.11. The molecule has 0 radical (unpaired) electrons. The maximum absolute atomic E-state index is 13.1. The minimum absolute atomic E-state index is 0.439. The number of benzene rings is 3. The number of amides is 1. The van der Waals surface area contributed by atoms with Crippen LogP contribution in [-0.4, -0.2) is 22.7 Å². The summed E-state index contributed by atoms with van der Waals surface area (Å²) in [6.07, 6.45) is 0. The summed E-state index contributed by atoms with van der Waals surface area (Å²) in [5, 5.41) is 0.569. The molecule has 7 heteroatoms. The Morgan fingerprint density at radius 2 is 1.45 bits per heavy atom. The number of halogens is 3. The number of carbonyl (C=O) groups excluding carboxylic acids is 1. The number of aliphatic imine (C=N–C) groups is 1. The van der Waals surface area contributed by atoms with E-state index in [9.17, 15) is 4.79 Å². The molecule has 3 aromatic rings. The van der Waals surface area contributed by atoms with Gasteiger partial charge in [0.2, 0.25) is 0 Å². The van der Waals surface area contributed by atoms with Gasteiger partial charge in [-0.05, 0) is 79.9 Å². The fraction of sp³-hybridized carbons (Fsp3) is 0.231. The molecule has 0 saturated heterocycles. The highest BCUT2D eigenvalue weighted by molar-refractivity contribution is 6.64. The van der Waals surface area contributed by atoms with Crippen LogP contribution in [0.5, 0.6) is 5.75 Å². The number of para-hydroxylation sites is 1. The highest BCUT2D eigenvalue weighted by Gasteiger charge is 2.59. The van der Waals surface area contributed by atoms with E-state index in [4.69, 9.17) is 44.5 Å². The third-order valence-electron chi connectivity index (χ3n) is 6.35. The zero-order valence-corrected chi connectivity index (χ0v) is 20.7. The lowest BCUT2D eigenvalue weighted by molar-refractivity contribution is 0.149. The Labute approximate surface area is 208 Å². The van der Waals surface area contributed by atoms with Gasteiger partial charge in [0.05, 0.1) is 12.2 Å². The fourth-order valence-corrected chi connectivity index (χ4v) is 4.98. The second-order valence-corrected chi connectivity index (χ2v) is 9.31. The maximum atomic E-state index is 13.1. The van der Waals surface area contributed by atoms with Crippen molar-refractivity contribution in [2.45, 2.75) is 31.8 Å². The first kappa shape index (κ1) is 23.6. The van der Waals surface area contributed by atoms with Gasteiger partial charge in [0.1, 0.15) is 22.7 Å². The number of nitrogens with zero attached hydrogens (tertiary/aromatic N) is 2. The van der Waals surface area contributed by atoms with Crippen LogP contribution in [0.1, 0.15) is 37.5 Å². The van der Waals surface area contributed by atoms with E-state index in [0.717, 1.165) is 11.1 Å². The monoisotopic (exact) mass is 500 g/mol. The predicted molar refractivity (Wildman–Crippen MR) is 135 cm³/mol. The van der Waals surface area contributed by atoms with Gasteiger partial charge in [-0.2, -0.15) is 0 Å². The van der Waals surface area contributed by atoms with Crippen LogP contribution in [0.2, 0.25) is 10.0 Å². The van der Waals surface area contributed by atoms with Crippen molar-refractivity contribution in [3.8, 4) is 5.75 Å². The number of carbonyl (C=O) groups is 1. The molecule has 4 nitrogen and oxygen atoms in total. The van der Waals surface area contributed by atoms with Gasteiger partial charge in [-0.3, -0.25) is 14.7 Å². The molecule has 1 heterocycles. The molecule has 0 bridgehead atoms. The molecular formula is C26H23Cl3N2O2. The standard InChI is InChI=1S/C26H23Cl3N2O2/c1-4-33-22-8-6-5-7-21(22)23-30-25(2,17-9-13-19(27)14-10-17)26(3,31(23)24(29)32)18-11-15-20(28)16-12-18/h5-16H,4H2,1-3H3/t25-,26-/m0/s1. The van der Waals surface area contributed by atoms with Crippen LogP contribution < -0.4 is 4.74 Å². The smallest absolute Gasteiger partial charge is 0.322 e. The van der Waals surface area contributed by atoms with Crippen molar-refractivity contribution in [3.05, 3.63) is 99.5 Å². The van der Waals surface area contributed by atoms with E-state index in [1.807, 2.05) is 81.4 Å². The van der Waals surface area contributed by atoms with Gasteiger partial charge in [0.15, 0.2) is 0 Å². The van der Waals surface area contributed by atoms with Crippen LogP contribution in [0.15, 0.2) is 77.8 Å². The van der Waals surface area contributed by atoms with Gasteiger partial charge >= 0.3 is 5.37 Å². The molecule has 3 aromatic carbocycles. The summed E-state index contributed by atoms with van der Waals surface area (Å²) >= 11 is 18.6. The Morgan fingerprint density at radius 1 is 0.909 bits per heavy atom. The van der Waals surface area contributed by atoms with Crippen LogP contribution >= 0.6 is 34.8 Å². The van der Waals surface area contributed by atoms with E-state index >= 15 is 0 Å². The van der Waals surface area contributed by atoms with Gasteiger partial charge in [-0.1, -0.05) is 59.6 Å².